The molecule has 0 saturated heterocycles. The minimum atomic E-state index is 0.417. The number of aryl methyl sites for hydroxylation is 2. The Morgan fingerprint density at radius 2 is 2.11 bits per heavy atom. The summed E-state index contributed by atoms with van der Waals surface area (Å²) in [5, 5.41) is 8.25. The number of methoxy groups -OCH3 is 1. The number of rotatable bonds is 10. The molecule has 0 spiro atoms. The maximum absolute atomic E-state index is 5.95. The first-order valence-electron chi connectivity index (χ1n) is 10.2. The molecule has 1 aliphatic rings. The van der Waals surface area contributed by atoms with Crippen LogP contribution in [0.15, 0.2) is 18.2 Å². The van der Waals surface area contributed by atoms with Gasteiger partial charge in [-0.2, -0.15) is 5.10 Å². The van der Waals surface area contributed by atoms with Gasteiger partial charge in [0.05, 0.1) is 20.3 Å². The summed E-state index contributed by atoms with van der Waals surface area (Å²) in [4.78, 5) is 4.59. The first-order valence-corrected chi connectivity index (χ1v) is 10.2. The first kappa shape index (κ1) is 19.7. The number of hydrogen-bond acceptors (Lipinski definition) is 5. The number of aromatic nitrogens is 3. The van der Waals surface area contributed by atoms with Gasteiger partial charge in [0.1, 0.15) is 5.82 Å². The number of benzene rings is 1. The van der Waals surface area contributed by atoms with E-state index in [0.29, 0.717) is 6.04 Å². The fourth-order valence-electron chi connectivity index (χ4n) is 3.42. The third kappa shape index (κ3) is 5.22. The number of fused-ring (bicyclic) bond motifs is 1. The predicted octanol–water partition coefficient (Wildman–Crippen LogP) is 3.52. The number of ether oxygens (including phenoxy) is 2. The zero-order chi connectivity index (χ0) is 19.1. The molecule has 6 heteroatoms. The summed E-state index contributed by atoms with van der Waals surface area (Å²) >= 11 is 0. The third-order valence-corrected chi connectivity index (χ3v) is 5.05. The van der Waals surface area contributed by atoms with Gasteiger partial charge in [0.15, 0.2) is 17.3 Å². The smallest absolute Gasteiger partial charge is 0.161 e. The van der Waals surface area contributed by atoms with Crippen LogP contribution in [0.2, 0.25) is 0 Å². The maximum Gasteiger partial charge on any atom is 0.161 e. The van der Waals surface area contributed by atoms with E-state index < -0.39 is 0 Å². The minimum absolute atomic E-state index is 0.417. The van der Waals surface area contributed by atoms with Crippen molar-refractivity contribution in [3.05, 3.63) is 35.4 Å². The van der Waals surface area contributed by atoms with Crippen LogP contribution < -0.4 is 14.8 Å². The van der Waals surface area contributed by atoms with Crippen molar-refractivity contribution in [1.82, 2.24) is 20.1 Å². The van der Waals surface area contributed by atoms with Crippen LogP contribution in [-0.4, -0.2) is 34.5 Å². The monoisotopic (exact) mass is 372 g/mol. The van der Waals surface area contributed by atoms with E-state index in [1.807, 2.05) is 6.07 Å². The molecule has 3 rings (SSSR count). The second-order valence-electron chi connectivity index (χ2n) is 7.14. The van der Waals surface area contributed by atoms with Gasteiger partial charge < -0.3 is 14.8 Å². The quantitative estimate of drug-likeness (QED) is 0.647. The van der Waals surface area contributed by atoms with E-state index >= 15 is 0 Å². The lowest BCUT2D eigenvalue weighted by atomic mass is 10.1. The average Bonchev–Trinajstić information content (AvgIpc) is 3.12. The van der Waals surface area contributed by atoms with Crippen LogP contribution in [-0.2, 0) is 25.9 Å². The van der Waals surface area contributed by atoms with Gasteiger partial charge in [0.2, 0.25) is 0 Å². The number of nitrogens with zero attached hydrogens (tertiary/aromatic N) is 3. The Morgan fingerprint density at radius 3 is 2.89 bits per heavy atom. The van der Waals surface area contributed by atoms with E-state index in [9.17, 15) is 0 Å². The predicted molar refractivity (Wildman–Crippen MR) is 106 cm³/mol. The molecule has 27 heavy (non-hydrogen) atoms. The van der Waals surface area contributed by atoms with Gasteiger partial charge in [0.25, 0.3) is 0 Å². The molecule has 148 valence electrons. The van der Waals surface area contributed by atoms with Crippen LogP contribution in [0, 0.1) is 0 Å². The summed E-state index contributed by atoms with van der Waals surface area (Å²) in [5.74, 6) is 3.71. The molecule has 2 aromatic rings. The highest BCUT2D eigenvalue weighted by Crippen LogP contribution is 2.28. The fourth-order valence-corrected chi connectivity index (χ4v) is 3.42. The average molecular weight is 373 g/mol. The van der Waals surface area contributed by atoms with Crippen LogP contribution in [0.3, 0.4) is 0 Å². The molecule has 1 aromatic heterocycles. The van der Waals surface area contributed by atoms with Gasteiger partial charge in [0, 0.05) is 25.4 Å². The third-order valence-electron chi connectivity index (χ3n) is 5.05. The normalized spacial score (nSPS) is 16.2. The summed E-state index contributed by atoms with van der Waals surface area (Å²) < 4.78 is 13.5. The largest absolute Gasteiger partial charge is 0.493 e. The SMILES string of the molecule is CCCCCOc1cc(CNC2CCc3nc(CC)nn3C2)ccc1OC. The van der Waals surface area contributed by atoms with Crippen LogP contribution >= 0.6 is 0 Å². The van der Waals surface area contributed by atoms with Crippen LogP contribution in [0.5, 0.6) is 11.5 Å². The number of hydrogen-bond donors (Lipinski definition) is 1. The molecule has 0 amide bonds. The molecule has 2 heterocycles. The van der Waals surface area contributed by atoms with E-state index in [4.69, 9.17) is 9.47 Å². The molecular formula is C21H32N4O2. The Balaban J connectivity index is 1.56. The van der Waals surface area contributed by atoms with Crippen molar-refractivity contribution in [1.29, 1.82) is 0 Å². The molecule has 0 radical (unpaired) electrons. The maximum atomic E-state index is 5.95. The summed E-state index contributed by atoms with van der Waals surface area (Å²) in [6, 6.07) is 6.61. The van der Waals surface area contributed by atoms with Crippen molar-refractivity contribution in [2.24, 2.45) is 0 Å². The van der Waals surface area contributed by atoms with E-state index in [0.717, 1.165) is 68.5 Å². The van der Waals surface area contributed by atoms with Crippen LogP contribution in [0.4, 0.5) is 0 Å². The zero-order valence-electron chi connectivity index (χ0n) is 16.8. The lowest BCUT2D eigenvalue weighted by Gasteiger charge is -2.24. The molecule has 1 unspecified atom stereocenters. The van der Waals surface area contributed by atoms with E-state index in [-0.39, 0.29) is 0 Å². The Labute approximate surface area is 162 Å². The van der Waals surface area contributed by atoms with Crippen molar-refractivity contribution in [3.8, 4) is 11.5 Å². The van der Waals surface area contributed by atoms with Crippen molar-refractivity contribution >= 4 is 0 Å². The highest BCUT2D eigenvalue weighted by molar-refractivity contribution is 5.43. The van der Waals surface area contributed by atoms with E-state index in [1.54, 1.807) is 7.11 Å². The van der Waals surface area contributed by atoms with Gasteiger partial charge in [-0.15, -0.1) is 0 Å². The Kier molecular flexibility index (Phi) is 7.10. The van der Waals surface area contributed by atoms with Crippen LogP contribution in [0.25, 0.3) is 0 Å². The van der Waals surface area contributed by atoms with Crippen molar-refractivity contribution < 1.29 is 9.47 Å². The van der Waals surface area contributed by atoms with Gasteiger partial charge in [-0.05, 0) is 30.5 Å². The highest BCUT2D eigenvalue weighted by Gasteiger charge is 2.21. The minimum Gasteiger partial charge on any atom is -0.493 e. The number of unbranched alkanes of at least 4 members (excludes halogenated alkanes) is 2. The van der Waals surface area contributed by atoms with Gasteiger partial charge in [-0.1, -0.05) is 32.8 Å². The second kappa shape index (κ2) is 9.74. The molecular weight excluding hydrogens is 340 g/mol. The van der Waals surface area contributed by atoms with Crippen molar-refractivity contribution in [3.63, 3.8) is 0 Å². The molecule has 1 N–H and O–H groups in total. The van der Waals surface area contributed by atoms with Crippen molar-refractivity contribution in [2.75, 3.05) is 13.7 Å². The second-order valence-corrected chi connectivity index (χ2v) is 7.14. The summed E-state index contributed by atoms with van der Waals surface area (Å²) in [7, 11) is 1.69. The molecule has 0 fully saturated rings. The molecule has 1 aliphatic heterocycles. The Hall–Kier alpha value is -2.08. The summed E-state index contributed by atoms with van der Waals surface area (Å²) in [6.07, 6.45) is 6.43. The lowest BCUT2D eigenvalue weighted by Crippen LogP contribution is -2.37. The fraction of sp³-hybridized carbons (Fsp3) is 0.619. The molecule has 0 bridgehead atoms. The van der Waals surface area contributed by atoms with E-state index in [1.165, 1.54) is 18.4 Å². The topological polar surface area (TPSA) is 61.2 Å². The summed E-state index contributed by atoms with van der Waals surface area (Å²) in [5.41, 5.74) is 1.21. The zero-order valence-corrected chi connectivity index (χ0v) is 16.8. The Morgan fingerprint density at radius 1 is 1.22 bits per heavy atom. The Bertz CT molecular complexity index is 729. The molecule has 1 aromatic carbocycles. The van der Waals surface area contributed by atoms with Crippen LogP contribution in [0.1, 0.15) is 56.7 Å². The standard InChI is InChI=1S/C21H32N4O2/c1-4-6-7-12-27-19-13-16(8-10-18(19)26-3)14-22-17-9-11-21-23-20(5-2)24-25(21)15-17/h8,10,13,17,22H,4-7,9,11-12,14-15H2,1-3H3. The van der Waals surface area contributed by atoms with Gasteiger partial charge in [-0.3, -0.25) is 0 Å². The van der Waals surface area contributed by atoms with Crippen molar-refractivity contribution in [2.45, 2.75) is 71.5 Å². The number of nitrogens with one attached hydrogen (secondary N) is 1. The first-order chi connectivity index (χ1) is 13.2. The lowest BCUT2D eigenvalue weighted by molar-refractivity contribution is 0.285. The van der Waals surface area contributed by atoms with Gasteiger partial charge >= 0.3 is 0 Å². The molecule has 6 nitrogen and oxygen atoms in total. The van der Waals surface area contributed by atoms with Gasteiger partial charge in [-0.25, -0.2) is 9.67 Å². The summed E-state index contributed by atoms with van der Waals surface area (Å²) in [6.45, 7) is 6.73. The molecule has 1 atom stereocenters. The molecule has 0 saturated carbocycles. The molecule has 0 aliphatic carbocycles. The highest BCUT2D eigenvalue weighted by atomic mass is 16.5. The van der Waals surface area contributed by atoms with E-state index in [2.05, 4.69) is 46.1 Å².